The van der Waals surface area contributed by atoms with Gasteiger partial charge in [0.2, 0.25) is 0 Å². The van der Waals surface area contributed by atoms with Gasteiger partial charge < -0.3 is 14.8 Å². The van der Waals surface area contributed by atoms with Crippen molar-refractivity contribution in [3.8, 4) is 11.5 Å². The number of hydrogen-bond acceptors (Lipinski definition) is 5. The molecule has 4 rings (SSSR count). The van der Waals surface area contributed by atoms with Gasteiger partial charge in [-0.3, -0.25) is 4.79 Å². The fourth-order valence-corrected chi connectivity index (χ4v) is 4.27. The van der Waals surface area contributed by atoms with Gasteiger partial charge in [0.05, 0.1) is 27.2 Å². The first-order valence-corrected chi connectivity index (χ1v) is 11.9. The van der Waals surface area contributed by atoms with E-state index < -0.39 is 0 Å². The summed E-state index contributed by atoms with van der Waals surface area (Å²) in [4.78, 5) is 17.3. The van der Waals surface area contributed by atoms with Crippen LogP contribution >= 0.6 is 35.0 Å². The molecule has 0 unspecified atom stereocenters. The molecule has 0 atom stereocenters. The van der Waals surface area contributed by atoms with Crippen LogP contribution in [-0.4, -0.2) is 17.7 Å². The van der Waals surface area contributed by atoms with E-state index in [1.165, 1.54) is 17.8 Å². The monoisotopic (exact) mass is 516 g/mol. The Hall–Kier alpha value is -3.00. The summed E-state index contributed by atoms with van der Waals surface area (Å²) in [6.45, 7) is 2.34. The van der Waals surface area contributed by atoms with Gasteiger partial charge in [-0.25, -0.2) is 9.38 Å². The molecule has 34 heavy (non-hydrogen) atoms. The largest absolute Gasteiger partial charge is 0.490 e. The maximum absolute atomic E-state index is 13.9. The summed E-state index contributed by atoms with van der Waals surface area (Å²) in [5, 5.41) is 3.82. The van der Waals surface area contributed by atoms with Crippen molar-refractivity contribution in [2.45, 2.75) is 13.5 Å². The molecule has 1 fully saturated rings. The highest BCUT2D eigenvalue weighted by Crippen LogP contribution is 2.35. The zero-order valence-corrected chi connectivity index (χ0v) is 20.3. The number of thioether (sulfide) groups is 1. The minimum absolute atomic E-state index is 0.0668. The average molecular weight is 517 g/mol. The fraction of sp³-hybridized carbons (Fsp3) is 0.120. The predicted molar refractivity (Wildman–Crippen MR) is 136 cm³/mol. The van der Waals surface area contributed by atoms with Gasteiger partial charge in [-0.05, 0) is 60.7 Å². The molecule has 0 radical (unpaired) electrons. The number of hydrogen-bond donors (Lipinski definition) is 1. The molecule has 1 N–H and O–H groups in total. The van der Waals surface area contributed by atoms with Crippen LogP contribution in [0.3, 0.4) is 0 Å². The van der Waals surface area contributed by atoms with Crippen molar-refractivity contribution in [2.75, 3.05) is 6.61 Å². The van der Waals surface area contributed by atoms with E-state index in [0.29, 0.717) is 49.5 Å². The van der Waals surface area contributed by atoms with Crippen LogP contribution in [0.25, 0.3) is 6.08 Å². The van der Waals surface area contributed by atoms with Gasteiger partial charge in [0.1, 0.15) is 12.4 Å². The molecule has 1 amide bonds. The lowest BCUT2D eigenvalue weighted by Crippen LogP contribution is -2.19. The lowest BCUT2D eigenvalue weighted by atomic mass is 10.1. The van der Waals surface area contributed by atoms with Crippen LogP contribution < -0.4 is 14.8 Å². The molecule has 9 heteroatoms. The van der Waals surface area contributed by atoms with Crippen LogP contribution in [-0.2, 0) is 11.4 Å². The molecule has 1 heterocycles. The minimum Gasteiger partial charge on any atom is -0.490 e. The molecule has 3 aromatic carbocycles. The number of amidine groups is 1. The number of nitrogens with zero attached hydrogens (tertiary/aromatic N) is 1. The number of nitrogens with one attached hydrogen (secondary N) is 1. The molecule has 0 saturated carbocycles. The molecule has 1 aliphatic rings. The smallest absolute Gasteiger partial charge is 0.264 e. The maximum atomic E-state index is 13.9. The third-order valence-corrected chi connectivity index (χ3v) is 6.43. The second kappa shape index (κ2) is 11.0. The summed E-state index contributed by atoms with van der Waals surface area (Å²) in [6.07, 6.45) is 1.73. The number of rotatable bonds is 7. The van der Waals surface area contributed by atoms with Crippen molar-refractivity contribution in [3.05, 3.63) is 92.6 Å². The number of aliphatic imine (C=N–C) groups is 1. The van der Waals surface area contributed by atoms with Crippen LogP contribution in [0.1, 0.15) is 18.1 Å². The summed E-state index contributed by atoms with van der Waals surface area (Å²) >= 11 is 13.4. The quantitative estimate of drug-likeness (QED) is 0.343. The Kier molecular flexibility index (Phi) is 7.77. The maximum Gasteiger partial charge on any atom is 0.264 e. The summed E-state index contributed by atoms with van der Waals surface area (Å²) in [6, 6.07) is 16.8. The van der Waals surface area contributed by atoms with Crippen molar-refractivity contribution >= 4 is 57.8 Å². The lowest BCUT2D eigenvalue weighted by molar-refractivity contribution is -0.115. The van der Waals surface area contributed by atoms with Crippen molar-refractivity contribution in [2.24, 2.45) is 4.99 Å². The van der Waals surface area contributed by atoms with Crippen LogP contribution in [0.2, 0.25) is 10.0 Å². The lowest BCUT2D eigenvalue weighted by Gasteiger charge is -2.13. The number of amides is 1. The Labute approximate surface area is 210 Å². The Morgan fingerprint density at radius 1 is 1.06 bits per heavy atom. The SMILES string of the molecule is CCOc1cc(/C=C2\SC(=Nc3cccc(Cl)c3Cl)NC2=O)ccc1OCc1ccccc1F. The van der Waals surface area contributed by atoms with Gasteiger partial charge in [-0.1, -0.05) is 53.5 Å². The number of halogens is 3. The highest BCUT2D eigenvalue weighted by Gasteiger charge is 2.24. The highest BCUT2D eigenvalue weighted by atomic mass is 35.5. The number of carbonyl (C=O) groups excluding carboxylic acids is 1. The highest BCUT2D eigenvalue weighted by molar-refractivity contribution is 8.18. The van der Waals surface area contributed by atoms with E-state index in [1.807, 2.05) is 6.92 Å². The van der Waals surface area contributed by atoms with E-state index >= 15 is 0 Å². The topological polar surface area (TPSA) is 59.9 Å². The molecule has 1 aliphatic heterocycles. The van der Waals surface area contributed by atoms with Gasteiger partial charge >= 0.3 is 0 Å². The molecule has 0 aliphatic carbocycles. The van der Waals surface area contributed by atoms with Gasteiger partial charge in [0.25, 0.3) is 5.91 Å². The number of carbonyl (C=O) groups is 1. The van der Waals surface area contributed by atoms with Crippen molar-refractivity contribution in [1.82, 2.24) is 5.32 Å². The number of benzene rings is 3. The first-order chi connectivity index (χ1) is 16.4. The minimum atomic E-state index is -0.331. The fourth-order valence-electron chi connectivity index (χ4n) is 3.09. The molecule has 0 spiro atoms. The van der Waals surface area contributed by atoms with E-state index in [9.17, 15) is 9.18 Å². The van der Waals surface area contributed by atoms with E-state index in [1.54, 1.807) is 60.7 Å². The molecular formula is C25H19Cl2FN2O3S. The molecule has 0 bridgehead atoms. The molecule has 1 saturated heterocycles. The van der Waals surface area contributed by atoms with E-state index in [2.05, 4.69) is 10.3 Å². The van der Waals surface area contributed by atoms with E-state index in [-0.39, 0.29) is 18.3 Å². The summed E-state index contributed by atoms with van der Waals surface area (Å²) in [5.74, 6) is 0.368. The van der Waals surface area contributed by atoms with Crippen molar-refractivity contribution in [3.63, 3.8) is 0 Å². The second-order valence-corrected chi connectivity index (χ2v) is 8.89. The van der Waals surface area contributed by atoms with E-state index in [4.69, 9.17) is 32.7 Å². The Morgan fingerprint density at radius 3 is 2.68 bits per heavy atom. The Morgan fingerprint density at radius 2 is 1.88 bits per heavy atom. The summed E-state index contributed by atoms with van der Waals surface area (Å²) in [7, 11) is 0. The molecule has 174 valence electrons. The molecule has 3 aromatic rings. The zero-order valence-electron chi connectivity index (χ0n) is 18.0. The normalized spacial score (nSPS) is 15.6. The molecule has 0 aromatic heterocycles. The van der Waals surface area contributed by atoms with Crippen LogP contribution in [0.5, 0.6) is 11.5 Å². The van der Waals surface area contributed by atoms with Crippen LogP contribution in [0.4, 0.5) is 10.1 Å². The molecule has 5 nitrogen and oxygen atoms in total. The average Bonchev–Trinajstić information content (AvgIpc) is 3.16. The second-order valence-electron chi connectivity index (χ2n) is 7.07. The Balaban J connectivity index is 1.53. The van der Waals surface area contributed by atoms with E-state index in [0.717, 1.165) is 5.56 Å². The van der Waals surface area contributed by atoms with Crippen molar-refractivity contribution < 1.29 is 18.7 Å². The number of ether oxygens (including phenoxy) is 2. The third kappa shape index (κ3) is 5.73. The predicted octanol–water partition coefficient (Wildman–Crippen LogP) is 7.00. The van der Waals surface area contributed by atoms with Crippen LogP contribution in [0, 0.1) is 5.82 Å². The van der Waals surface area contributed by atoms with Crippen molar-refractivity contribution in [1.29, 1.82) is 0 Å². The third-order valence-electron chi connectivity index (χ3n) is 4.71. The van der Waals surface area contributed by atoms with Crippen LogP contribution in [0.15, 0.2) is 70.6 Å². The standard InChI is InChI=1S/C25H19Cl2FN2O3S/c1-2-32-21-12-15(10-11-20(21)33-14-16-6-3-4-8-18(16)28)13-22-24(31)30-25(34-22)29-19-9-5-7-17(26)23(19)27/h3-13H,2,14H2,1H3,(H,29,30,31)/b22-13-. The first kappa shape index (κ1) is 24.1. The van der Waals surface area contributed by atoms with Gasteiger partial charge in [-0.15, -0.1) is 0 Å². The summed E-state index contributed by atoms with van der Waals surface area (Å²) in [5.41, 5.74) is 1.65. The Bertz CT molecular complexity index is 1300. The van der Waals surface area contributed by atoms with Gasteiger partial charge in [0.15, 0.2) is 16.7 Å². The first-order valence-electron chi connectivity index (χ1n) is 10.3. The zero-order chi connectivity index (χ0) is 24.1. The molecular weight excluding hydrogens is 498 g/mol. The van der Waals surface area contributed by atoms with Gasteiger partial charge in [0, 0.05) is 5.56 Å². The van der Waals surface area contributed by atoms with Gasteiger partial charge in [-0.2, -0.15) is 0 Å². The summed E-state index contributed by atoms with van der Waals surface area (Å²) < 4.78 is 25.4.